The van der Waals surface area contributed by atoms with Gasteiger partial charge < -0.3 is 15.2 Å². The van der Waals surface area contributed by atoms with E-state index in [4.69, 9.17) is 15.2 Å². The lowest BCUT2D eigenvalue weighted by molar-refractivity contribution is -0.0428. The van der Waals surface area contributed by atoms with Gasteiger partial charge in [0.05, 0.1) is 25.4 Å². The Hall–Kier alpha value is -0.900. The Morgan fingerprint density at radius 3 is 2.78 bits per heavy atom. The Bertz CT molecular complexity index is 344. The fraction of sp³-hybridized carbons (Fsp3) is 0.600. The average molecular weight is 249 g/mol. The van der Waals surface area contributed by atoms with Crippen molar-refractivity contribution in [3.63, 3.8) is 0 Å². The largest absolute Gasteiger partial charge is 0.377 e. The van der Waals surface area contributed by atoms with Crippen molar-refractivity contribution in [1.82, 2.24) is 0 Å². The highest BCUT2D eigenvalue weighted by molar-refractivity contribution is 5.23. The first-order valence-corrected chi connectivity index (χ1v) is 6.77. The van der Waals surface area contributed by atoms with Gasteiger partial charge in [0.15, 0.2) is 0 Å². The van der Waals surface area contributed by atoms with Gasteiger partial charge in [-0.05, 0) is 31.7 Å². The SMILES string of the molecule is Cc1ccc(C(N)COCC2CCCCO2)cc1. The standard InChI is InChI=1S/C15H23NO2/c1-12-5-7-13(8-6-12)15(16)11-17-10-14-4-2-3-9-18-14/h5-8,14-15H,2-4,9-11,16H2,1H3. The highest BCUT2D eigenvalue weighted by Crippen LogP contribution is 2.15. The molecule has 0 aromatic heterocycles. The molecule has 3 nitrogen and oxygen atoms in total. The quantitative estimate of drug-likeness (QED) is 0.872. The number of benzene rings is 1. The normalized spacial score (nSPS) is 21.8. The summed E-state index contributed by atoms with van der Waals surface area (Å²) in [6.07, 6.45) is 3.81. The lowest BCUT2D eigenvalue weighted by Gasteiger charge is -2.23. The van der Waals surface area contributed by atoms with Crippen molar-refractivity contribution in [3.8, 4) is 0 Å². The smallest absolute Gasteiger partial charge is 0.0808 e. The first-order valence-electron chi connectivity index (χ1n) is 6.77. The van der Waals surface area contributed by atoms with Crippen molar-refractivity contribution in [1.29, 1.82) is 0 Å². The van der Waals surface area contributed by atoms with Crippen LogP contribution in [-0.4, -0.2) is 25.9 Å². The zero-order valence-corrected chi connectivity index (χ0v) is 11.1. The molecule has 1 aromatic rings. The maximum Gasteiger partial charge on any atom is 0.0808 e. The van der Waals surface area contributed by atoms with Crippen LogP contribution in [0.25, 0.3) is 0 Å². The summed E-state index contributed by atoms with van der Waals surface area (Å²) in [5.74, 6) is 0. The Kier molecular flexibility index (Phi) is 5.17. The molecular weight excluding hydrogens is 226 g/mol. The molecule has 1 fully saturated rings. The van der Waals surface area contributed by atoms with Crippen molar-refractivity contribution in [2.45, 2.75) is 38.3 Å². The molecule has 1 heterocycles. The van der Waals surface area contributed by atoms with Crippen LogP contribution < -0.4 is 5.73 Å². The molecule has 1 aliphatic heterocycles. The number of nitrogens with two attached hydrogens (primary N) is 1. The van der Waals surface area contributed by atoms with Crippen molar-refractivity contribution in [2.75, 3.05) is 19.8 Å². The minimum atomic E-state index is -0.0470. The highest BCUT2D eigenvalue weighted by Gasteiger charge is 2.14. The minimum Gasteiger partial charge on any atom is -0.377 e. The number of aryl methyl sites for hydroxylation is 1. The van der Waals surface area contributed by atoms with Gasteiger partial charge >= 0.3 is 0 Å². The second-order valence-corrected chi connectivity index (χ2v) is 5.04. The molecule has 0 amide bonds. The number of rotatable bonds is 5. The Morgan fingerprint density at radius 1 is 1.33 bits per heavy atom. The molecule has 2 unspecified atom stereocenters. The average Bonchev–Trinajstić information content (AvgIpc) is 2.40. The highest BCUT2D eigenvalue weighted by atomic mass is 16.5. The molecule has 100 valence electrons. The van der Waals surface area contributed by atoms with Crippen molar-refractivity contribution < 1.29 is 9.47 Å². The zero-order valence-electron chi connectivity index (χ0n) is 11.1. The Morgan fingerprint density at radius 2 is 2.11 bits per heavy atom. The second kappa shape index (κ2) is 6.88. The van der Waals surface area contributed by atoms with E-state index in [-0.39, 0.29) is 12.1 Å². The molecule has 0 aliphatic carbocycles. The minimum absolute atomic E-state index is 0.0470. The molecule has 1 aliphatic rings. The molecule has 0 bridgehead atoms. The van der Waals surface area contributed by atoms with E-state index in [9.17, 15) is 0 Å². The molecule has 1 saturated heterocycles. The first-order chi connectivity index (χ1) is 8.75. The van der Waals surface area contributed by atoms with Crippen molar-refractivity contribution in [3.05, 3.63) is 35.4 Å². The van der Waals surface area contributed by atoms with Gasteiger partial charge in [0.25, 0.3) is 0 Å². The summed E-state index contributed by atoms with van der Waals surface area (Å²) >= 11 is 0. The van der Waals surface area contributed by atoms with Crippen LogP contribution in [-0.2, 0) is 9.47 Å². The summed E-state index contributed by atoms with van der Waals surface area (Å²) in [5, 5.41) is 0. The molecular formula is C15H23NO2. The van der Waals surface area contributed by atoms with E-state index < -0.39 is 0 Å². The number of hydrogen-bond donors (Lipinski definition) is 1. The van der Waals surface area contributed by atoms with E-state index >= 15 is 0 Å². The van der Waals surface area contributed by atoms with Crippen LogP contribution in [0.15, 0.2) is 24.3 Å². The van der Waals surface area contributed by atoms with E-state index in [1.165, 1.54) is 18.4 Å². The summed E-state index contributed by atoms with van der Waals surface area (Å²) in [6.45, 7) is 4.17. The zero-order chi connectivity index (χ0) is 12.8. The first kappa shape index (κ1) is 13.5. The van der Waals surface area contributed by atoms with E-state index in [1.54, 1.807) is 0 Å². The lowest BCUT2D eigenvalue weighted by atomic mass is 10.1. The summed E-state index contributed by atoms with van der Waals surface area (Å²) in [5.41, 5.74) is 8.48. The monoisotopic (exact) mass is 249 g/mol. The maximum atomic E-state index is 6.09. The third-order valence-corrected chi connectivity index (χ3v) is 3.38. The van der Waals surface area contributed by atoms with Crippen LogP contribution in [0, 0.1) is 6.92 Å². The molecule has 0 saturated carbocycles. The summed E-state index contributed by atoms with van der Waals surface area (Å²) < 4.78 is 11.3. The van der Waals surface area contributed by atoms with E-state index in [0.29, 0.717) is 13.2 Å². The molecule has 18 heavy (non-hydrogen) atoms. The fourth-order valence-electron chi connectivity index (χ4n) is 2.18. The predicted octanol–water partition coefficient (Wildman–Crippen LogP) is 2.58. The third-order valence-electron chi connectivity index (χ3n) is 3.38. The van der Waals surface area contributed by atoms with Gasteiger partial charge in [-0.1, -0.05) is 29.8 Å². The molecule has 2 atom stereocenters. The van der Waals surface area contributed by atoms with E-state index in [1.807, 2.05) is 0 Å². The van der Waals surface area contributed by atoms with Gasteiger partial charge in [0, 0.05) is 6.61 Å². The second-order valence-electron chi connectivity index (χ2n) is 5.04. The molecule has 0 spiro atoms. The van der Waals surface area contributed by atoms with Gasteiger partial charge in [-0.25, -0.2) is 0 Å². The van der Waals surface area contributed by atoms with Gasteiger partial charge in [-0.15, -0.1) is 0 Å². The van der Waals surface area contributed by atoms with Crippen LogP contribution in [0.3, 0.4) is 0 Å². The van der Waals surface area contributed by atoms with Gasteiger partial charge in [0.2, 0.25) is 0 Å². The Labute approximate surface area is 109 Å². The van der Waals surface area contributed by atoms with Crippen molar-refractivity contribution in [2.24, 2.45) is 5.73 Å². The molecule has 2 rings (SSSR count). The fourth-order valence-corrected chi connectivity index (χ4v) is 2.18. The molecule has 3 heteroatoms. The summed E-state index contributed by atoms with van der Waals surface area (Å²) in [4.78, 5) is 0. The van der Waals surface area contributed by atoms with E-state index in [0.717, 1.165) is 18.6 Å². The van der Waals surface area contributed by atoms with Gasteiger partial charge in [-0.3, -0.25) is 0 Å². The predicted molar refractivity (Wildman–Crippen MR) is 72.5 cm³/mol. The molecule has 1 aromatic carbocycles. The Balaban J connectivity index is 1.70. The third kappa shape index (κ3) is 4.09. The number of ether oxygens (including phenoxy) is 2. The topological polar surface area (TPSA) is 44.5 Å². The van der Waals surface area contributed by atoms with Gasteiger partial charge in [0.1, 0.15) is 0 Å². The summed E-state index contributed by atoms with van der Waals surface area (Å²) in [6, 6.07) is 8.26. The van der Waals surface area contributed by atoms with Crippen molar-refractivity contribution >= 4 is 0 Å². The molecule has 2 N–H and O–H groups in total. The number of hydrogen-bond acceptors (Lipinski definition) is 3. The molecule has 0 radical (unpaired) electrons. The van der Waals surface area contributed by atoms with Crippen LogP contribution in [0.2, 0.25) is 0 Å². The van der Waals surface area contributed by atoms with Crippen LogP contribution in [0.4, 0.5) is 0 Å². The van der Waals surface area contributed by atoms with Crippen LogP contribution >= 0.6 is 0 Å². The van der Waals surface area contributed by atoms with Crippen LogP contribution in [0.1, 0.15) is 36.4 Å². The summed E-state index contributed by atoms with van der Waals surface area (Å²) in [7, 11) is 0. The lowest BCUT2D eigenvalue weighted by Crippen LogP contribution is -2.26. The maximum absolute atomic E-state index is 6.09. The van der Waals surface area contributed by atoms with Crippen LogP contribution in [0.5, 0.6) is 0 Å². The van der Waals surface area contributed by atoms with Gasteiger partial charge in [-0.2, -0.15) is 0 Å². The van der Waals surface area contributed by atoms with E-state index in [2.05, 4.69) is 31.2 Å².